The molecule has 0 aliphatic carbocycles. The third kappa shape index (κ3) is 3.98. The number of benzene rings is 1. The maximum atomic E-state index is 11.9. The lowest BCUT2D eigenvalue weighted by molar-refractivity contribution is 0.0997. The molecule has 0 unspecified atom stereocenters. The number of amides is 1. The molecule has 0 saturated heterocycles. The van der Waals surface area contributed by atoms with Crippen molar-refractivity contribution in [1.82, 2.24) is 15.2 Å². The number of nitrogens with two attached hydrogens (primary N) is 1. The topological polar surface area (TPSA) is 111 Å². The average Bonchev–Trinajstić information content (AvgIpc) is 2.60. The number of ether oxygens (including phenoxy) is 1. The Morgan fingerprint density at radius 1 is 1.19 bits per heavy atom. The number of nitrogens with zero attached hydrogens (tertiary/aromatic N) is 2. The predicted molar refractivity (Wildman–Crippen MR) is 105 cm³/mol. The number of H-pyrrole nitrogens is 1. The van der Waals surface area contributed by atoms with E-state index >= 15 is 0 Å². The van der Waals surface area contributed by atoms with Gasteiger partial charge in [0.1, 0.15) is 11.3 Å². The summed E-state index contributed by atoms with van der Waals surface area (Å²) in [6.07, 6.45) is 1.53. The van der Waals surface area contributed by atoms with Crippen molar-refractivity contribution >= 4 is 18.3 Å². The highest BCUT2D eigenvalue weighted by Gasteiger charge is 2.15. The summed E-state index contributed by atoms with van der Waals surface area (Å²) in [6.45, 7) is 5.52. The summed E-state index contributed by atoms with van der Waals surface area (Å²) in [5, 5.41) is 6.52. The van der Waals surface area contributed by atoms with Crippen LogP contribution in [0.25, 0.3) is 11.1 Å². The van der Waals surface area contributed by atoms with Gasteiger partial charge >= 0.3 is 0 Å². The number of halogens is 1. The Labute approximate surface area is 162 Å². The van der Waals surface area contributed by atoms with Crippen molar-refractivity contribution in [2.75, 3.05) is 0 Å². The molecule has 3 aromatic rings. The van der Waals surface area contributed by atoms with Gasteiger partial charge in [-0.2, -0.15) is 5.10 Å². The van der Waals surface area contributed by atoms with E-state index in [1.165, 1.54) is 6.20 Å². The van der Waals surface area contributed by atoms with Gasteiger partial charge in [-0.3, -0.25) is 9.59 Å². The summed E-state index contributed by atoms with van der Waals surface area (Å²) in [5.41, 5.74) is 9.27. The van der Waals surface area contributed by atoms with Crippen LogP contribution in [-0.4, -0.2) is 21.1 Å². The predicted octanol–water partition coefficient (Wildman–Crippen LogP) is 3.07. The third-order valence-electron chi connectivity index (χ3n) is 4.12. The summed E-state index contributed by atoms with van der Waals surface area (Å²) >= 11 is 0. The van der Waals surface area contributed by atoms with E-state index < -0.39 is 5.91 Å². The van der Waals surface area contributed by atoms with Crippen LogP contribution in [0.15, 0.2) is 41.3 Å². The molecular formula is C19H19ClN4O3. The third-order valence-corrected chi connectivity index (χ3v) is 4.12. The van der Waals surface area contributed by atoms with Crippen molar-refractivity contribution in [3.05, 3.63) is 69.3 Å². The minimum Gasteiger partial charge on any atom is -0.438 e. The van der Waals surface area contributed by atoms with Crippen LogP contribution in [0.5, 0.6) is 11.6 Å². The molecule has 0 aliphatic heterocycles. The minimum absolute atomic E-state index is 0. The van der Waals surface area contributed by atoms with Crippen LogP contribution >= 0.6 is 12.4 Å². The molecule has 2 heterocycles. The highest BCUT2D eigenvalue weighted by Crippen LogP contribution is 2.31. The lowest BCUT2D eigenvalue weighted by Gasteiger charge is -2.13. The first-order valence-electron chi connectivity index (χ1n) is 7.98. The van der Waals surface area contributed by atoms with Crippen LogP contribution in [0.4, 0.5) is 0 Å². The first kappa shape index (κ1) is 20.1. The van der Waals surface area contributed by atoms with Gasteiger partial charge in [0.25, 0.3) is 11.5 Å². The molecule has 0 saturated carbocycles. The van der Waals surface area contributed by atoms with Gasteiger partial charge in [-0.25, -0.2) is 10.1 Å². The summed E-state index contributed by atoms with van der Waals surface area (Å²) in [5.74, 6) is 0.0557. The van der Waals surface area contributed by atoms with Gasteiger partial charge in [0.15, 0.2) is 0 Å². The zero-order chi connectivity index (χ0) is 18.8. The number of aryl methyl sites for hydroxylation is 2. The van der Waals surface area contributed by atoms with Crippen LogP contribution in [0.1, 0.15) is 27.2 Å². The van der Waals surface area contributed by atoms with Gasteiger partial charge in [-0.15, -0.1) is 12.4 Å². The maximum Gasteiger partial charge on any atom is 0.267 e. The number of rotatable bonds is 4. The summed E-state index contributed by atoms with van der Waals surface area (Å²) in [6, 6.07) is 8.60. The molecule has 0 radical (unpaired) electrons. The number of carbonyl (C=O) groups is 1. The Balaban J connectivity index is 0.00000261. The highest BCUT2D eigenvalue weighted by molar-refractivity contribution is 5.95. The van der Waals surface area contributed by atoms with Gasteiger partial charge in [-0.05, 0) is 56.2 Å². The van der Waals surface area contributed by atoms with E-state index in [1.807, 2.05) is 26.0 Å². The van der Waals surface area contributed by atoms with Gasteiger partial charge in [0.2, 0.25) is 5.88 Å². The average molecular weight is 387 g/mol. The second-order valence-electron chi connectivity index (χ2n) is 5.94. The molecule has 140 valence electrons. The van der Waals surface area contributed by atoms with Crippen molar-refractivity contribution in [3.8, 4) is 22.8 Å². The summed E-state index contributed by atoms with van der Waals surface area (Å²) in [7, 11) is 0. The Bertz CT molecular complexity index is 1060. The Morgan fingerprint density at radius 3 is 2.59 bits per heavy atom. The lowest BCUT2D eigenvalue weighted by Crippen LogP contribution is -2.14. The van der Waals surface area contributed by atoms with Crippen molar-refractivity contribution in [2.24, 2.45) is 5.73 Å². The molecule has 8 heteroatoms. The fourth-order valence-electron chi connectivity index (χ4n) is 2.81. The number of aromatic nitrogens is 3. The number of pyridine rings is 1. The zero-order valence-corrected chi connectivity index (χ0v) is 15.9. The number of hydrogen-bond acceptors (Lipinski definition) is 5. The van der Waals surface area contributed by atoms with E-state index in [0.29, 0.717) is 11.3 Å². The van der Waals surface area contributed by atoms with E-state index in [-0.39, 0.29) is 29.4 Å². The molecule has 0 aliphatic rings. The molecular weight excluding hydrogens is 368 g/mol. The first-order chi connectivity index (χ1) is 12.4. The quantitative estimate of drug-likeness (QED) is 0.715. The lowest BCUT2D eigenvalue weighted by atomic mass is 9.96. The number of carbonyl (C=O) groups excluding carboxylic acids is 1. The van der Waals surface area contributed by atoms with Gasteiger partial charge in [-0.1, -0.05) is 6.07 Å². The van der Waals surface area contributed by atoms with Crippen LogP contribution < -0.4 is 16.0 Å². The van der Waals surface area contributed by atoms with E-state index in [2.05, 4.69) is 15.2 Å². The van der Waals surface area contributed by atoms with Crippen molar-refractivity contribution < 1.29 is 9.53 Å². The second-order valence-corrected chi connectivity index (χ2v) is 5.94. The van der Waals surface area contributed by atoms with E-state index in [1.54, 1.807) is 25.1 Å². The van der Waals surface area contributed by atoms with E-state index in [4.69, 9.17) is 10.5 Å². The van der Waals surface area contributed by atoms with Crippen molar-refractivity contribution in [1.29, 1.82) is 0 Å². The standard InChI is InChI=1S/C19H18N4O3.ClH/c1-10-9-13(26-19-15(17(20)24)5-4-8-21-19)6-7-14(10)16-11(2)18(25)23-22-12(16)3;/h4-9H,1-3H3,(H2,20,24)(H,23,25);1H. The normalized spacial score (nSPS) is 10.2. The smallest absolute Gasteiger partial charge is 0.267 e. The largest absolute Gasteiger partial charge is 0.438 e. The summed E-state index contributed by atoms with van der Waals surface area (Å²) in [4.78, 5) is 27.4. The van der Waals surface area contributed by atoms with Crippen LogP contribution in [-0.2, 0) is 0 Å². The van der Waals surface area contributed by atoms with Crippen LogP contribution in [0.2, 0.25) is 0 Å². The molecule has 1 aromatic carbocycles. The maximum absolute atomic E-state index is 11.9. The molecule has 0 fully saturated rings. The molecule has 1 amide bonds. The van der Waals surface area contributed by atoms with Crippen LogP contribution in [0.3, 0.4) is 0 Å². The molecule has 0 atom stereocenters. The molecule has 3 rings (SSSR count). The van der Waals surface area contributed by atoms with E-state index in [0.717, 1.165) is 22.4 Å². The monoisotopic (exact) mass is 386 g/mol. The Hall–Kier alpha value is -3.19. The number of primary amides is 1. The molecule has 7 nitrogen and oxygen atoms in total. The fourth-order valence-corrected chi connectivity index (χ4v) is 2.81. The Kier molecular flexibility index (Phi) is 5.97. The highest BCUT2D eigenvalue weighted by atomic mass is 35.5. The number of nitrogens with one attached hydrogen (secondary N) is 1. The van der Waals surface area contributed by atoms with Gasteiger partial charge in [0, 0.05) is 17.3 Å². The molecule has 0 spiro atoms. The van der Waals surface area contributed by atoms with Crippen molar-refractivity contribution in [3.63, 3.8) is 0 Å². The van der Waals surface area contributed by atoms with Gasteiger partial charge in [0.05, 0.1) is 5.69 Å². The second kappa shape index (κ2) is 8.01. The van der Waals surface area contributed by atoms with Gasteiger partial charge < -0.3 is 10.5 Å². The minimum atomic E-state index is -0.609. The number of aromatic amines is 1. The molecule has 3 N–H and O–H groups in total. The van der Waals surface area contributed by atoms with Crippen LogP contribution in [0, 0.1) is 20.8 Å². The fraction of sp³-hybridized carbons (Fsp3) is 0.158. The SMILES string of the molecule is Cc1cc(Oc2ncccc2C(N)=O)ccc1-c1c(C)n[nH]c(=O)c1C.Cl. The molecule has 2 aromatic heterocycles. The molecule has 0 bridgehead atoms. The Morgan fingerprint density at radius 2 is 1.93 bits per heavy atom. The number of hydrogen-bond donors (Lipinski definition) is 2. The first-order valence-corrected chi connectivity index (χ1v) is 7.98. The molecule has 27 heavy (non-hydrogen) atoms. The summed E-state index contributed by atoms with van der Waals surface area (Å²) < 4.78 is 5.73. The van der Waals surface area contributed by atoms with E-state index in [9.17, 15) is 9.59 Å². The zero-order valence-electron chi connectivity index (χ0n) is 15.1. The van der Waals surface area contributed by atoms with Crippen molar-refractivity contribution in [2.45, 2.75) is 20.8 Å².